The summed E-state index contributed by atoms with van der Waals surface area (Å²) in [6.45, 7) is 13.5. The number of benzene rings is 1. The Hall–Kier alpha value is -1.99. The van der Waals surface area contributed by atoms with Gasteiger partial charge >= 0.3 is 0 Å². The Morgan fingerprint density at radius 1 is 1.10 bits per heavy atom. The number of aromatic nitrogens is 1. The van der Waals surface area contributed by atoms with E-state index >= 15 is 0 Å². The van der Waals surface area contributed by atoms with E-state index in [0.29, 0.717) is 0 Å². The van der Waals surface area contributed by atoms with Crippen LogP contribution in [-0.2, 0) is 11.3 Å². The molecule has 1 aromatic carbocycles. The number of hydrogen-bond acceptors (Lipinski definition) is 6. The van der Waals surface area contributed by atoms with Crippen LogP contribution in [0.3, 0.4) is 0 Å². The van der Waals surface area contributed by atoms with Gasteiger partial charge in [0.05, 0.1) is 34.8 Å². The molecule has 0 unspecified atom stereocenters. The number of anilines is 1. The fraction of sp³-hybridized carbons (Fsp3) is 0.480. The average Bonchev–Trinajstić information content (AvgIpc) is 3.30. The Morgan fingerprint density at radius 2 is 1.87 bits per heavy atom. The molecule has 5 nitrogen and oxygen atoms in total. The van der Waals surface area contributed by atoms with Crippen LogP contribution in [0.5, 0.6) is 0 Å². The standard InChI is InChI=1S/C25H34N4OS/c1-3-28(4-2)19-20-6-8-21(9-7-20)23-18-24(25-22(27-23)10-17-31-25)26-11-5-12-29-13-15-30-16-14-29/h6-10,17-18H,3-5,11-16,19H2,1-2H3,(H,26,27). The fourth-order valence-electron chi connectivity index (χ4n) is 4.07. The van der Waals surface area contributed by atoms with E-state index in [1.165, 1.54) is 21.5 Å². The first-order chi connectivity index (χ1) is 15.3. The summed E-state index contributed by atoms with van der Waals surface area (Å²) in [7, 11) is 0. The van der Waals surface area contributed by atoms with Crippen LogP contribution in [0.15, 0.2) is 41.8 Å². The van der Waals surface area contributed by atoms with Crippen LogP contribution in [0.2, 0.25) is 0 Å². The van der Waals surface area contributed by atoms with Crippen molar-refractivity contribution in [3.05, 3.63) is 47.3 Å². The lowest BCUT2D eigenvalue weighted by atomic mass is 10.1. The number of pyridine rings is 1. The first-order valence-electron chi connectivity index (χ1n) is 11.5. The Balaban J connectivity index is 1.43. The van der Waals surface area contributed by atoms with Gasteiger partial charge in [-0.2, -0.15) is 0 Å². The lowest BCUT2D eigenvalue weighted by Crippen LogP contribution is -2.37. The normalized spacial score (nSPS) is 15.1. The summed E-state index contributed by atoms with van der Waals surface area (Å²) in [6, 6.07) is 13.2. The second-order valence-electron chi connectivity index (χ2n) is 8.08. The average molecular weight is 439 g/mol. The molecule has 0 radical (unpaired) electrons. The number of hydrogen-bond donors (Lipinski definition) is 1. The topological polar surface area (TPSA) is 40.6 Å². The summed E-state index contributed by atoms with van der Waals surface area (Å²) >= 11 is 1.76. The molecule has 166 valence electrons. The number of fused-ring (bicyclic) bond motifs is 1. The highest BCUT2D eigenvalue weighted by atomic mass is 32.1. The monoisotopic (exact) mass is 438 g/mol. The van der Waals surface area contributed by atoms with Crippen molar-refractivity contribution in [1.29, 1.82) is 0 Å². The summed E-state index contributed by atoms with van der Waals surface area (Å²) in [5, 5.41) is 5.81. The van der Waals surface area contributed by atoms with Gasteiger partial charge in [-0.25, -0.2) is 4.98 Å². The smallest absolute Gasteiger partial charge is 0.0838 e. The second kappa shape index (κ2) is 11.0. The maximum absolute atomic E-state index is 5.44. The molecule has 0 bridgehead atoms. The predicted molar refractivity (Wildman–Crippen MR) is 132 cm³/mol. The first kappa shape index (κ1) is 22.2. The van der Waals surface area contributed by atoms with Crippen molar-refractivity contribution in [2.24, 2.45) is 0 Å². The summed E-state index contributed by atoms with van der Waals surface area (Å²) < 4.78 is 6.69. The zero-order valence-electron chi connectivity index (χ0n) is 18.8. The molecule has 0 atom stereocenters. The molecule has 0 saturated carbocycles. The van der Waals surface area contributed by atoms with Crippen molar-refractivity contribution in [1.82, 2.24) is 14.8 Å². The van der Waals surface area contributed by atoms with Crippen molar-refractivity contribution in [2.45, 2.75) is 26.8 Å². The minimum absolute atomic E-state index is 0.866. The third-order valence-electron chi connectivity index (χ3n) is 6.03. The van der Waals surface area contributed by atoms with Crippen LogP contribution in [0, 0.1) is 0 Å². The molecule has 0 amide bonds. The maximum atomic E-state index is 5.44. The summed E-state index contributed by atoms with van der Waals surface area (Å²) in [6.07, 6.45) is 1.13. The highest BCUT2D eigenvalue weighted by molar-refractivity contribution is 7.17. The summed E-state index contributed by atoms with van der Waals surface area (Å²) in [5.74, 6) is 0. The molecule has 2 aromatic heterocycles. The van der Waals surface area contributed by atoms with E-state index in [0.717, 1.165) is 76.7 Å². The second-order valence-corrected chi connectivity index (χ2v) is 9.00. The summed E-state index contributed by atoms with van der Waals surface area (Å²) in [4.78, 5) is 9.85. The summed E-state index contributed by atoms with van der Waals surface area (Å²) in [5.41, 5.74) is 5.84. The van der Waals surface area contributed by atoms with E-state index in [-0.39, 0.29) is 0 Å². The van der Waals surface area contributed by atoms with Gasteiger partial charge in [0, 0.05) is 31.7 Å². The van der Waals surface area contributed by atoms with Crippen LogP contribution in [0.25, 0.3) is 21.5 Å². The van der Waals surface area contributed by atoms with Gasteiger partial charge in [-0.3, -0.25) is 9.80 Å². The number of ether oxygens (including phenoxy) is 1. The third-order valence-corrected chi connectivity index (χ3v) is 6.97. The van der Waals surface area contributed by atoms with Gasteiger partial charge in [-0.15, -0.1) is 11.3 Å². The van der Waals surface area contributed by atoms with Crippen molar-refractivity contribution < 1.29 is 4.74 Å². The van der Waals surface area contributed by atoms with Gasteiger partial charge in [-0.05, 0) is 49.1 Å². The Morgan fingerprint density at radius 3 is 2.61 bits per heavy atom. The first-order valence-corrected chi connectivity index (χ1v) is 12.4. The molecule has 1 aliphatic rings. The van der Waals surface area contributed by atoms with Gasteiger partial charge < -0.3 is 10.1 Å². The molecule has 3 aromatic rings. The minimum atomic E-state index is 0.866. The van der Waals surface area contributed by atoms with Gasteiger partial charge in [-0.1, -0.05) is 38.1 Å². The zero-order valence-corrected chi connectivity index (χ0v) is 19.6. The molecule has 31 heavy (non-hydrogen) atoms. The van der Waals surface area contributed by atoms with E-state index in [9.17, 15) is 0 Å². The highest BCUT2D eigenvalue weighted by Gasteiger charge is 2.11. The molecule has 0 aliphatic carbocycles. The van der Waals surface area contributed by atoms with E-state index in [2.05, 4.69) is 70.7 Å². The predicted octanol–water partition coefficient (Wildman–Crippen LogP) is 4.94. The number of nitrogens with zero attached hydrogens (tertiary/aromatic N) is 3. The Kier molecular flexibility index (Phi) is 7.92. The van der Waals surface area contributed by atoms with E-state index in [1.807, 2.05) is 0 Å². The lowest BCUT2D eigenvalue weighted by Gasteiger charge is -2.26. The van der Waals surface area contributed by atoms with Crippen molar-refractivity contribution in [2.75, 3.05) is 57.8 Å². The SMILES string of the molecule is CCN(CC)Cc1ccc(-c2cc(NCCCN3CCOCC3)c3sccc3n2)cc1. The zero-order chi connectivity index (χ0) is 21.5. The molecule has 1 fully saturated rings. The maximum Gasteiger partial charge on any atom is 0.0838 e. The van der Waals surface area contributed by atoms with Crippen molar-refractivity contribution in [3.8, 4) is 11.3 Å². The molecule has 1 aliphatic heterocycles. The van der Waals surface area contributed by atoms with Crippen LogP contribution < -0.4 is 5.32 Å². The Bertz CT molecular complexity index is 946. The number of nitrogens with one attached hydrogen (secondary N) is 1. The lowest BCUT2D eigenvalue weighted by molar-refractivity contribution is 0.0378. The molecule has 1 N–H and O–H groups in total. The molecular weight excluding hydrogens is 404 g/mol. The van der Waals surface area contributed by atoms with Crippen molar-refractivity contribution in [3.63, 3.8) is 0 Å². The molecule has 6 heteroatoms. The fourth-order valence-corrected chi connectivity index (χ4v) is 4.90. The number of rotatable bonds is 10. The van der Waals surface area contributed by atoms with Crippen LogP contribution in [0.4, 0.5) is 5.69 Å². The largest absolute Gasteiger partial charge is 0.384 e. The van der Waals surface area contributed by atoms with E-state index in [4.69, 9.17) is 9.72 Å². The molecule has 4 rings (SSSR count). The van der Waals surface area contributed by atoms with Crippen LogP contribution >= 0.6 is 11.3 Å². The molecule has 1 saturated heterocycles. The quantitative estimate of drug-likeness (QED) is 0.454. The number of thiophene rings is 1. The molecule has 0 spiro atoms. The minimum Gasteiger partial charge on any atom is -0.384 e. The highest BCUT2D eigenvalue weighted by Crippen LogP contribution is 2.32. The van der Waals surface area contributed by atoms with Gasteiger partial charge in [0.1, 0.15) is 0 Å². The van der Waals surface area contributed by atoms with Gasteiger partial charge in [0.15, 0.2) is 0 Å². The molecule has 3 heterocycles. The van der Waals surface area contributed by atoms with Crippen LogP contribution in [-0.4, -0.2) is 67.3 Å². The van der Waals surface area contributed by atoms with Gasteiger partial charge in [0.25, 0.3) is 0 Å². The Labute approximate surface area is 190 Å². The van der Waals surface area contributed by atoms with E-state index in [1.54, 1.807) is 11.3 Å². The van der Waals surface area contributed by atoms with Gasteiger partial charge in [0.2, 0.25) is 0 Å². The third kappa shape index (κ3) is 5.83. The van der Waals surface area contributed by atoms with Crippen LogP contribution in [0.1, 0.15) is 25.8 Å². The van der Waals surface area contributed by atoms with E-state index < -0.39 is 0 Å². The van der Waals surface area contributed by atoms with Crippen molar-refractivity contribution >= 4 is 27.2 Å². The molecular formula is C25H34N4OS. The number of morpholine rings is 1.